The lowest BCUT2D eigenvalue weighted by Crippen LogP contribution is -2.44. The molecule has 1 amide bonds. The Labute approximate surface area is 182 Å². The first-order valence-electron chi connectivity index (χ1n) is 10.7. The monoisotopic (exact) mass is 449 g/mol. The van der Waals surface area contributed by atoms with Crippen LogP contribution in [0, 0.1) is 0 Å². The summed E-state index contributed by atoms with van der Waals surface area (Å²) in [4.78, 5) is 21.2. The molecule has 0 rings (SSSR count). The minimum atomic E-state index is -4.27. The molecule has 0 fully saturated rings. The molecule has 3 N–H and O–H groups in total. The molecule has 3 unspecified atom stereocenters. The van der Waals surface area contributed by atoms with Crippen LogP contribution in [-0.2, 0) is 18.4 Å². The lowest BCUT2D eigenvalue weighted by molar-refractivity contribution is -0.870. The number of aliphatic hydroxyl groups is 1. The van der Waals surface area contributed by atoms with E-state index in [-0.39, 0.29) is 19.1 Å². The first kappa shape index (κ1) is 29.0. The van der Waals surface area contributed by atoms with Crippen LogP contribution < -0.4 is 5.32 Å². The van der Waals surface area contributed by atoms with E-state index in [1.54, 1.807) is 6.08 Å². The average molecular weight is 450 g/mol. The summed E-state index contributed by atoms with van der Waals surface area (Å²) >= 11 is 0. The Morgan fingerprint density at radius 3 is 2.33 bits per heavy atom. The predicted molar refractivity (Wildman–Crippen MR) is 120 cm³/mol. The van der Waals surface area contributed by atoms with Gasteiger partial charge in [0.1, 0.15) is 13.2 Å². The molecule has 9 heteroatoms. The molecule has 0 aliphatic heterocycles. The summed E-state index contributed by atoms with van der Waals surface area (Å²) < 4.78 is 22.5. The van der Waals surface area contributed by atoms with Crippen molar-refractivity contribution < 1.29 is 32.9 Å². The van der Waals surface area contributed by atoms with Crippen LogP contribution in [-0.4, -0.2) is 73.4 Å². The normalized spacial score (nSPS) is 16.6. The number of carbonyl (C=O) groups excluding carboxylic acids is 1. The number of rotatable bonds is 17. The van der Waals surface area contributed by atoms with E-state index < -0.39 is 20.0 Å². The molecule has 0 aliphatic carbocycles. The van der Waals surface area contributed by atoms with Crippen LogP contribution in [0.3, 0.4) is 0 Å². The van der Waals surface area contributed by atoms with E-state index in [1.807, 2.05) is 27.2 Å². The Kier molecular flexibility index (Phi) is 15.2. The van der Waals surface area contributed by atoms with Crippen LogP contribution in [0.15, 0.2) is 24.3 Å². The van der Waals surface area contributed by atoms with Crippen molar-refractivity contribution in [3.63, 3.8) is 0 Å². The molecule has 0 radical (unpaired) electrons. The Morgan fingerprint density at radius 1 is 1.10 bits per heavy atom. The third kappa shape index (κ3) is 17.8. The van der Waals surface area contributed by atoms with E-state index in [2.05, 4.69) is 24.4 Å². The predicted octanol–water partition coefficient (Wildman–Crippen LogP) is 3.16. The van der Waals surface area contributed by atoms with E-state index in [9.17, 15) is 19.4 Å². The van der Waals surface area contributed by atoms with E-state index in [0.29, 0.717) is 11.0 Å². The number of aliphatic hydroxyl groups excluding tert-OH is 1. The highest BCUT2D eigenvalue weighted by atomic mass is 31.2. The number of phosphoric acid groups is 1. The molecule has 30 heavy (non-hydrogen) atoms. The molecule has 0 aliphatic rings. The fraction of sp³-hybridized carbons (Fsp3) is 0.762. The molecule has 0 heterocycles. The molecule has 176 valence electrons. The summed E-state index contributed by atoms with van der Waals surface area (Å²) in [5.41, 5.74) is 0. The molecule has 0 aromatic carbocycles. The van der Waals surface area contributed by atoms with Gasteiger partial charge >= 0.3 is 7.82 Å². The number of carbonyl (C=O) groups is 1. The minimum absolute atomic E-state index is 0.0521. The second-order valence-electron chi connectivity index (χ2n) is 8.38. The third-order valence-corrected chi connectivity index (χ3v) is 5.19. The number of likely N-dealkylation sites (N-methyl/N-ethyl adjacent to an activating group) is 1. The number of nitrogens with zero attached hydrogens (tertiary/aromatic N) is 1. The summed E-state index contributed by atoms with van der Waals surface area (Å²) in [6.45, 7) is 3.72. The zero-order valence-electron chi connectivity index (χ0n) is 19.2. The van der Waals surface area contributed by atoms with Crippen LogP contribution >= 0.6 is 7.82 Å². The standard InChI is InChI=1S/C21H41N2O6P/c1-6-7-8-9-10-11-12-13-14-15-21(25)20(22-19(2)24)18-29-30(26,27)28-17-16-23(3,4)5/h10-11,14-15,20-21,25H,6-9,12-13,16-18H2,1-5H3,(H-,22,24,26,27)/p+1/b11-10+,15-14+. The number of nitrogens with one attached hydrogen (secondary N) is 1. The quantitative estimate of drug-likeness (QED) is 0.136. The third-order valence-electron chi connectivity index (χ3n) is 4.21. The fourth-order valence-corrected chi connectivity index (χ4v) is 3.17. The van der Waals surface area contributed by atoms with Gasteiger partial charge in [0.05, 0.1) is 39.9 Å². The molecule has 0 saturated heterocycles. The van der Waals surface area contributed by atoms with Crippen LogP contribution in [0.25, 0.3) is 0 Å². The van der Waals surface area contributed by atoms with Gasteiger partial charge in [-0.15, -0.1) is 0 Å². The lowest BCUT2D eigenvalue weighted by Gasteiger charge is -2.25. The summed E-state index contributed by atoms with van der Waals surface area (Å²) in [5, 5.41) is 12.9. The van der Waals surface area contributed by atoms with Crippen molar-refractivity contribution in [1.82, 2.24) is 5.32 Å². The highest BCUT2D eigenvalue weighted by Gasteiger charge is 2.27. The number of phosphoric ester groups is 1. The first-order chi connectivity index (χ1) is 14.0. The van der Waals surface area contributed by atoms with Gasteiger partial charge in [-0.1, -0.05) is 44.1 Å². The van der Waals surface area contributed by atoms with Gasteiger partial charge in [0.25, 0.3) is 0 Å². The van der Waals surface area contributed by atoms with Gasteiger partial charge in [-0.2, -0.15) is 0 Å². The van der Waals surface area contributed by atoms with Crippen molar-refractivity contribution in [3.05, 3.63) is 24.3 Å². The number of amides is 1. The Morgan fingerprint density at radius 2 is 1.73 bits per heavy atom. The number of quaternary nitrogens is 1. The summed E-state index contributed by atoms with van der Waals surface area (Å²) in [7, 11) is 1.53. The zero-order valence-corrected chi connectivity index (χ0v) is 20.1. The van der Waals surface area contributed by atoms with Crippen LogP contribution in [0.4, 0.5) is 0 Å². The fourth-order valence-electron chi connectivity index (χ4n) is 2.44. The largest absolute Gasteiger partial charge is 0.472 e. The van der Waals surface area contributed by atoms with Crippen LogP contribution in [0.5, 0.6) is 0 Å². The Bertz CT molecular complexity index is 574. The maximum Gasteiger partial charge on any atom is 0.472 e. The molecular formula is C21H42N2O6P+. The van der Waals surface area contributed by atoms with E-state index in [4.69, 9.17) is 9.05 Å². The van der Waals surface area contributed by atoms with Crippen molar-refractivity contribution >= 4 is 13.7 Å². The number of hydrogen-bond donors (Lipinski definition) is 3. The molecule has 0 aromatic rings. The van der Waals surface area contributed by atoms with Gasteiger partial charge in [0.2, 0.25) is 5.91 Å². The van der Waals surface area contributed by atoms with Gasteiger partial charge < -0.3 is 19.8 Å². The molecular weight excluding hydrogens is 407 g/mol. The van der Waals surface area contributed by atoms with Gasteiger partial charge in [-0.3, -0.25) is 13.8 Å². The van der Waals surface area contributed by atoms with Gasteiger partial charge in [-0.05, 0) is 25.7 Å². The summed E-state index contributed by atoms with van der Waals surface area (Å²) in [5.74, 6) is -0.371. The Hall–Kier alpha value is -1.02. The average Bonchev–Trinajstić information content (AvgIpc) is 2.62. The van der Waals surface area contributed by atoms with Crippen molar-refractivity contribution in [1.29, 1.82) is 0 Å². The van der Waals surface area contributed by atoms with Crippen molar-refractivity contribution in [3.8, 4) is 0 Å². The second-order valence-corrected chi connectivity index (χ2v) is 9.84. The number of hydrogen-bond acceptors (Lipinski definition) is 5. The molecule has 8 nitrogen and oxygen atoms in total. The van der Waals surface area contributed by atoms with Crippen LogP contribution in [0.1, 0.15) is 52.4 Å². The van der Waals surface area contributed by atoms with E-state index in [0.717, 1.165) is 19.3 Å². The molecule has 0 aromatic heterocycles. The summed E-state index contributed by atoms with van der Waals surface area (Å²) in [6.07, 6.45) is 13.0. The van der Waals surface area contributed by atoms with Crippen LogP contribution in [0.2, 0.25) is 0 Å². The number of unbranched alkanes of at least 4 members (excludes halogenated alkanes) is 4. The maximum absolute atomic E-state index is 12.0. The highest BCUT2D eigenvalue weighted by molar-refractivity contribution is 7.47. The Balaban J connectivity index is 4.47. The SMILES string of the molecule is CCCCC/C=C/CC/C=C/C(O)C(COP(=O)(O)OCC[N+](C)(C)C)NC(C)=O. The smallest absolute Gasteiger partial charge is 0.387 e. The van der Waals surface area contributed by atoms with Crippen molar-refractivity contribution in [2.24, 2.45) is 0 Å². The summed E-state index contributed by atoms with van der Waals surface area (Å²) in [6, 6.07) is -0.856. The van der Waals surface area contributed by atoms with E-state index >= 15 is 0 Å². The number of allylic oxidation sites excluding steroid dienone is 3. The molecule has 0 saturated carbocycles. The molecule has 3 atom stereocenters. The van der Waals surface area contributed by atoms with Crippen molar-refractivity contribution in [2.75, 3.05) is 40.9 Å². The topological polar surface area (TPSA) is 105 Å². The van der Waals surface area contributed by atoms with Gasteiger partial charge in [0, 0.05) is 6.92 Å². The van der Waals surface area contributed by atoms with Crippen molar-refractivity contribution in [2.45, 2.75) is 64.5 Å². The lowest BCUT2D eigenvalue weighted by atomic mass is 10.1. The minimum Gasteiger partial charge on any atom is -0.387 e. The van der Waals surface area contributed by atoms with E-state index in [1.165, 1.54) is 26.2 Å². The van der Waals surface area contributed by atoms with Gasteiger partial charge in [0.15, 0.2) is 0 Å². The maximum atomic E-state index is 12.0. The molecule has 0 spiro atoms. The second kappa shape index (κ2) is 15.7. The first-order valence-corrected chi connectivity index (χ1v) is 12.2. The van der Waals surface area contributed by atoms with Gasteiger partial charge in [-0.25, -0.2) is 4.57 Å². The zero-order chi connectivity index (χ0) is 23.0. The highest BCUT2D eigenvalue weighted by Crippen LogP contribution is 2.43. The molecule has 0 bridgehead atoms.